The molecule has 1 aliphatic carbocycles. The molecule has 2 nitrogen and oxygen atoms in total. The topological polar surface area (TPSA) is 38.0 Å². The Balaban J connectivity index is 2.16. The van der Waals surface area contributed by atoms with E-state index in [1.54, 1.807) is 10.4 Å². The molecule has 1 aromatic heterocycles. The van der Waals surface area contributed by atoms with Gasteiger partial charge in [-0.15, -0.1) is 23.2 Å². The molecule has 0 aromatic carbocycles. The highest BCUT2D eigenvalue weighted by Gasteiger charge is 2.16. The Morgan fingerprint density at radius 1 is 1.41 bits per heavy atom. The fourth-order valence-electron chi connectivity index (χ4n) is 2.31. The Labute approximate surface area is 108 Å². The SMILES string of the molecule is CC#CCC(NN)c1cc2c(s1)CCCCC2. The maximum absolute atomic E-state index is 5.62. The van der Waals surface area contributed by atoms with Crippen LogP contribution in [-0.4, -0.2) is 0 Å². The first-order valence-corrected chi connectivity index (χ1v) is 7.14. The Kier molecular flexibility index (Phi) is 4.61. The van der Waals surface area contributed by atoms with Crippen LogP contribution in [0, 0.1) is 11.8 Å². The van der Waals surface area contributed by atoms with E-state index in [1.807, 2.05) is 18.3 Å². The van der Waals surface area contributed by atoms with Gasteiger partial charge in [0.05, 0.1) is 6.04 Å². The van der Waals surface area contributed by atoms with Crippen molar-refractivity contribution in [2.24, 2.45) is 5.84 Å². The zero-order valence-corrected chi connectivity index (χ0v) is 11.2. The number of thiophene rings is 1. The standard InChI is InChI=1S/C14H20N2S/c1-2-3-8-12(16-15)14-10-11-7-5-4-6-9-13(11)17-14/h10,12,16H,4-9,15H2,1H3. The molecule has 3 N–H and O–H groups in total. The Bertz CT molecular complexity index is 402. The molecule has 92 valence electrons. The number of hydrazine groups is 1. The Hall–Kier alpha value is -0.820. The minimum absolute atomic E-state index is 0.194. The molecule has 0 radical (unpaired) electrons. The summed E-state index contributed by atoms with van der Waals surface area (Å²) in [6, 6.07) is 2.53. The number of fused-ring (bicyclic) bond motifs is 1. The van der Waals surface area contributed by atoms with Crippen LogP contribution in [0.25, 0.3) is 0 Å². The first-order valence-electron chi connectivity index (χ1n) is 6.32. The van der Waals surface area contributed by atoms with Crippen LogP contribution in [0.5, 0.6) is 0 Å². The first kappa shape index (κ1) is 12.6. The monoisotopic (exact) mass is 248 g/mol. The Morgan fingerprint density at radius 2 is 2.24 bits per heavy atom. The molecule has 17 heavy (non-hydrogen) atoms. The molecular formula is C14H20N2S. The van der Waals surface area contributed by atoms with Gasteiger partial charge in [-0.3, -0.25) is 11.3 Å². The molecule has 0 saturated heterocycles. The van der Waals surface area contributed by atoms with E-state index in [0.29, 0.717) is 0 Å². The van der Waals surface area contributed by atoms with E-state index in [0.717, 1.165) is 6.42 Å². The van der Waals surface area contributed by atoms with Crippen molar-refractivity contribution in [1.29, 1.82) is 0 Å². The lowest BCUT2D eigenvalue weighted by atomic mass is 10.1. The molecular weight excluding hydrogens is 228 g/mol. The van der Waals surface area contributed by atoms with Gasteiger partial charge in [-0.2, -0.15) is 0 Å². The molecule has 1 atom stereocenters. The van der Waals surface area contributed by atoms with E-state index in [1.165, 1.54) is 37.0 Å². The summed E-state index contributed by atoms with van der Waals surface area (Å²) in [5, 5.41) is 0. The zero-order valence-electron chi connectivity index (χ0n) is 10.4. The quantitative estimate of drug-likeness (QED) is 0.373. The molecule has 0 fully saturated rings. The van der Waals surface area contributed by atoms with E-state index in [2.05, 4.69) is 23.3 Å². The molecule has 1 aromatic rings. The molecule has 0 amide bonds. The number of nitrogens with two attached hydrogens (primary N) is 1. The van der Waals surface area contributed by atoms with Crippen molar-refractivity contribution in [2.45, 2.75) is 51.5 Å². The summed E-state index contributed by atoms with van der Waals surface area (Å²) in [6.45, 7) is 1.87. The molecule has 1 heterocycles. The third kappa shape index (κ3) is 3.10. The maximum atomic E-state index is 5.62. The summed E-state index contributed by atoms with van der Waals surface area (Å²) >= 11 is 1.92. The molecule has 2 rings (SSSR count). The lowest BCUT2D eigenvalue weighted by Crippen LogP contribution is -2.27. The number of hydrogen-bond donors (Lipinski definition) is 2. The van der Waals surface area contributed by atoms with Crippen LogP contribution >= 0.6 is 11.3 Å². The summed E-state index contributed by atoms with van der Waals surface area (Å²) < 4.78 is 0. The Morgan fingerprint density at radius 3 is 3.00 bits per heavy atom. The third-order valence-electron chi connectivity index (χ3n) is 3.29. The third-order valence-corrected chi connectivity index (χ3v) is 4.64. The number of rotatable bonds is 3. The van der Waals surface area contributed by atoms with Gasteiger partial charge in [-0.05, 0) is 44.2 Å². The van der Waals surface area contributed by atoms with Crippen molar-refractivity contribution < 1.29 is 0 Å². The summed E-state index contributed by atoms with van der Waals surface area (Å²) in [7, 11) is 0. The van der Waals surface area contributed by atoms with Gasteiger partial charge in [0.25, 0.3) is 0 Å². The second kappa shape index (κ2) is 6.20. The smallest absolute Gasteiger partial charge is 0.0662 e. The highest BCUT2D eigenvalue weighted by molar-refractivity contribution is 7.12. The lowest BCUT2D eigenvalue weighted by Gasteiger charge is -2.10. The van der Waals surface area contributed by atoms with Crippen LogP contribution in [0.2, 0.25) is 0 Å². The van der Waals surface area contributed by atoms with Gasteiger partial charge < -0.3 is 0 Å². The number of hydrogen-bond acceptors (Lipinski definition) is 3. The average Bonchev–Trinajstić information content (AvgIpc) is 2.61. The largest absolute Gasteiger partial charge is 0.271 e. The predicted octanol–water partition coefficient (Wildman–Crippen LogP) is 2.93. The molecule has 3 heteroatoms. The van der Waals surface area contributed by atoms with Crippen LogP contribution in [0.1, 0.15) is 54.0 Å². The highest BCUT2D eigenvalue weighted by Crippen LogP contribution is 2.32. The molecule has 0 saturated carbocycles. The molecule has 0 spiro atoms. The summed E-state index contributed by atoms with van der Waals surface area (Å²) in [4.78, 5) is 2.92. The van der Waals surface area contributed by atoms with Crippen LogP contribution < -0.4 is 11.3 Å². The van der Waals surface area contributed by atoms with Gasteiger partial charge in [-0.25, -0.2) is 0 Å². The minimum Gasteiger partial charge on any atom is -0.271 e. The normalized spacial score (nSPS) is 16.6. The van der Waals surface area contributed by atoms with E-state index in [9.17, 15) is 0 Å². The van der Waals surface area contributed by atoms with Gasteiger partial charge in [0.15, 0.2) is 0 Å². The van der Waals surface area contributed by atoms with Crippen molar-refractivity contribution in [3.63, 3.8) is 0 Å². The van der Waals surface area contributed by atoms with E-state index >= 15 is 0 Å². The fraction of sp³-hybridized carbons (Fsp3) is 0.571. The molecule has 0 bridgehead atoms. The zero-order chi connectivity index (χ0) is 12.1. The van der Waals surface area contributed by atoms with E-state index < -0.39 is 0 Å². The summed E-state index contributed by atoms with van der Waals surface area (Å²) in [5.74, 6) is 11.7. The van der Waals surface area contributed by atoms with Crippen molar-refractivity contribution in [3.05, 3.63) is 21.4 Å². The first-order chi connectivity index (χ1) is 8.35. The lowest BCUT2D eigenvalue weighted by molar-refractivity contribution is 0.576. The summed E-state index contributed by atoms with van der Waals surface area (Å²) in [5.41, 5.74) is 4.43. The molecule has 0 aliphatic heterocycles. The number of nitrogens with one attached hydrogen (secondary N) is 1. The molecule has 1 aliphatic rings. The van der Waals surface area contributed by atoms with Gasteiger partial charge in [0.1, 0.15) is 0 Å². The fourth-order valence-corrected chi connectivity index (χ4v) is 3.63. The highest BCUT2D eigenvalue weighted by atomic mass is 32.1. The van der Waals surface area contributed by atoms with Gasteiger partial charge >= 0.3 is 0 Å². The van der Waals surface area contributed by atoms with Crippen molar-refractivity contribution in [1.82, 2.24) is 5.43 Å². The van der Waals surface area contributed by atoms with Crippen molar-refractivity contribution >= 4 is 11.3 Å². The van der Waals surface area contributed by atoms with Crippen molar-refractivity contribution in [2.75, 3.05) is 0 Å². The average molecular weight is 248 g/mol. The van der Waals surface area contributed by atoms with Crippen LogP contribution in [0.3, 0.4) is 0 Å². The van der Waals surface area contributed by atoms with E-state index in [4.69, 9.17) is 5.84 Å². The second-order valence-electron chi connectivity index (χ2n) is 4.51. The van der Waals surface area contributed by atoms with Crippen molar-refractivity contribution in [3.8, 4) is 11.8 Å². The van der Waals surface area contributed by atoms with Crippen LogP contribution in [0.15, 0.2) is 6.07 Å². The maximum Gasteiger partial charge on any atom is 0.0662 e. The van der Waals surface area contributed by atoms with E-state index in [-0.39, 0.29) is 6.04 Å². The second-order valence-corrected chi connectivity index (χ2v) is 5.68. The molecule has 1 unspecified atom stereocenters. The van der Waals surface area contributed by atoms with Gasteiger partial charge in [-0.1, -0.05) is 6.42 Å². The van der Waals surface area contributed by atoms with Crippen LogP contribution in [-0.2, 0) is 12.8 Å². The van der Waals surface area contributed by atoms with Gasteiger partial charge in [0, 0.05) is 16.2 Å². The van der Waals surface area contributed by atoms with Crippen LogP contribution in [0.4, 0.5) is 0 Å². The summed E-state index contributed by atoms with van der Waals surface area (Å²) in [6.07, 6.45) is 7.32. The van der Waals surface area contributed by atoms with Gasteiger partial charge in [0.2, 0.25) is 0 Å². The number of aryl methyl sites for hydroxylation is 2. The minimum atomic E-state index is 0.194. The predicted molar refractivity (Wildman–Crippen MR) is 73.7 cm³/mol.